The van der Waals surface area contributed by atoms with E-state index in [0.717, 1.165) is 29.6 Å². The fraction of sp³-hybridized carbons (Fsp3) is 0.273. The van der Waals surface area contributed by atoms with Gasteiger partial charge in [-0.3, -0.25) is 0 Å². The first-order valence-corrected chi connectivity index (χ1v) is 5.99. The molecule has 0 amide bonds. The molecule has 0 bridgehead atoms. The summed E-state index contributed by atoms with van der Waals surface area (Å²) >= 11 is 7.49. The zero-order valence-electron chi connectivity index (χ0n) is 8.42. The maximum absolute atomic E-state index is 5.82. The van der Waals surface area contributed by atoms with Crippen LogP contribution in [0.25, 0.3) is 0 Å². The predicted molar refractivity (Wildman–Crippen MR) is 63.3 cm³/mol. The van der Waals surface area contributed by atoms with E-state index < -0.39 is 0 Å². The largest absolute Gasteiger partial charge is 0.465 e. The predicted octanol–water partition coefficient (Wildman–Crippen LogP) is 3.59. The van der Waals surface area contributed by atoms with Crippen LogP contribution in [0, 0.1) is 6.92 Å². The van der Waals surface area contributed by atoms with Gasteiger partial charge in [-0.1, -0.05) is 11.6 Å². The van der Waals surface area contributed by atoms with E-state index in [9.17, 15) is 0 Å². The number of thiophene rings is 1. The average molecular weight is 242 g/mol. The number of halogens is 1. The van der Waals surface area contributed by atoms with Gasteiger partial charge in [0.1, 0.15) is 11.5 Å². The molecule has 2 nitrogen and oxygen atoms in total. The summed E-state index contributed by atoms with van der Waals surface area (Å²) in [7, 11) is 0. The zero-order valence-corrected chi connectivity index (χ0v) is 9.99. The van der Waals surface area contributed by atoms with Crippen LogP contribution in [0.1, 0.15) is 16.4 Å². The molecule has 2 aromatic heterocycles. The van der Waals surface area contributed by atoms with Gasteiger partial charge in [-0.25, -0.2) is 0 Å². The number of furan rings is 1. The molecule has 0 unspecified atom stereocenters. The van der Waals surface area contributed by atoms with Crippen molar-refractivity contribution in [2.24, 2.45) is 0 Å². The molecule has 0 aliphatic heterocycles. The van der Waals surface area contributed by atoms with Crippen LogP contribution < -0.4 is 5.32 Å². The normalized spacial score (nSPS) is 10.8. The van der Waals surface area contributed by atoms with Crippen LogP contribution in [-0.2, 0) is 13.1 Å². The van der Waals surface area contributed by atoms with Crippen LogP contribution >= 0.6 is 22.9 Å². The molecule has 0 spiro atoms. The van der Waals surface area contributed by atoms with E-state index in [-0.39, 0.29) is 0 Å². The minimum atomic E-state index is 0.753. The third-order valence-electron chi connectivity index (χ3n) is 2.02. The van der Waals surface area contributed by atoms with E-state index >= 15 is 0 Å². The lowest BCUT2D eigenvalue weighted by molar-refractivity contribution is 0.462. The lowest BCUT2D eigenvalue weighted by Gasteiger charge is -1.99. The first-order valence-electron chi connectivity index (χ1n) is 4.73. The number of rotatable bonds is 4. The first kappa shape index (κ1) is 10.7. The minimum Gasteiger partial charge on any atom is -0.465 e. The van der Waals surface area contributed by atoms with Crippen LogP contribution in [0.2, 0.25) is 5.02 Å². The molecule has 0 atom stereocenters. The highest BCUT2D eigenvalue weighted by atomic mass is 35.5. The molecule has 0 aliphatic rings. The Bertz CT molecular complexity index is 395. The Hall–Kier alpha value is -0.770. The lowest BCUT2D eigenvalue weighted by Crippen LogP contribution is -2.10. The molecule has 2 heterocycles. The molecule has 15 heavy (non-hydrogen) atoms. The molecule has 0 fully saturated rings. The summed E-state index contributed by atoms with van der Waals surface area (Å²) in [5.74, 6) is 1.92. The number of aryl methyl sites for hydroxylation is 1. The van der Waals surface area contributed by atoms with E-state index in [0.29, 0.717) is 0 Å². The number of hydrogen-bond acceptors (Lipinski definition) is 3. The summed E-state index contributed by atoms with van der Waals surface area (Å²) in [6.45, 7) is 3.53. The Kier molecular flexibility index (Phi) is 3.46. The van der Waals surface area contributed by atoms with Crippen molar-refractivity contribution in [2.75, 3.05) is 0 Å². The molecule has 0 radical (unpaired) electrons. The second-order valence-corrected chi connectivity index (χ2v) is 4.78. The van der Waals surface area contributed by atoms with E-state index in [4.69, 9.17) is 16.0 Å². The lowest BCUT2D eigenvalue weighted by atomic mass is 10.4. The SMILES string of the molecule is Cc1ccc(CNCc2cc(Cl)cs2)o1. The smallest absolute Gasteiger partial charge is 0.117 e. The van der Waals surface area contributed by atoms with Gasteiger partial charge in [0.25, 0.3) is 0 Å². The molecule has 0 saturated heterocycles. The van der Waals surface area contributed by atoms with Gasteiger partial charge in [0.15, 0.2) is 0 Å². The molecule has 4 heteroatoms. The molecule has 0 aromatic carbocycles. The van der Waals surface area contributed by atoms with Crippen molar-refractivity contribution in [1.29, 1.82) is 0 Å². The Morgan fingerprint density at radius 2 is 2.27 bits per heavy atom. The molecular formula is C11H12ClNOS. The van der Waals surface area contributed by atoms with Crippen molar-refractivity contribution < 1.29 is 4.42 Å². The highest BCUT2D eigenvalue weighted by molar-refractivity contribution is 7.10. The van der Waals surface area contributed by atoms with Crippen LogP contribution in [0.5, 0.6) is 0 Å². The Morgan fingerprint density at radius 1 is 1.40 bits per heavy atom. The maximum atomic E-state index is 5.82. The number of hydrogen-bond donors (Lipinski definition) is 1. The second-order valence-electron chi connectivity index (χ2n) is 3.35. The Labute approximate surface area is 97.9 Å². The van der Waals surface area contributed by atoms with E-state index in [1.165, 1.54) is 4.88 Å². The third kappa shape index (κ3) is 3.09. The van der Waals surface area contributed by atoms with Crippen molar-refractivity contribution in [3.63, 3.8) is 0 Å². The van der Waals surface area contributed by atoms with Gasteiger partial charge in [-0.2, -0.15) is 0 Å². The van der Waals surface area contributed by atoms with Gasteiger partial charge in [0.05, 0.1) is 11.6 Å². The van der Waals surface area contributed by atoms with Gasteiger partial charge in [0, 0.05) is 16.8 Å². The van der Waals surface area contributed by atoms with E-state index in [1.807, 2.05) is 30.5 Å². The van der Waals surface area contributed by atoms with Crippen molar-refractivity contribution in [1.82, 2.24) is 5.32 Å². The van der Waals surface area contributed by atoms with Crippen LogP contribution in [-0.4, -0.2) is 0 Å². The molecule has 0 aliphatic carbocycles. The fourth-order valence-electron chi connectivity index (χ4n) is 1.34. The summed E-state index contributed by atoms with van der Waals surface area (Å²) in [4.78, 5) is 1.24. The summed E-state index contributed by atoms with van der Waals surface area (Å²) in [6.07, 6.45) is 0. The van der Waals surface area contributed by atoms with E-state index in [2.05, 4.69) is 5.32 Å². The monoisotopic (exact) mass is 241 g/mol. The molecule has 1 N–H and O–H groups in total. The highest BCUT2D eigenvalue weighted by Gasteiger charge is 2.00. The zero-order chi connectivity index (χ0) is 10.7. The van der Waals surface area contributed by atoms with Crippen molar-refractivity contribution in [3.05, 3.63) is 45.0 Å². The minimum absolute atomic E-state index is 0.753. The topological polar surface area (TPSA) is 25.2 Å². The van der Waals surface area contributed by atoms with Gasteiger partial charge in [0.2, 0.25) is 0 Å². The summed E-state index contributed by atoms with van der Waals surface area (Å²) in [6, 6.07) is 5.94. The van der Waals surface area contributed by atoms with Gasteiger partial charge in [-0.15, -0.1) is 11.3 Å². The second kappa shape index (κ2) is 4.84. The maximum Gasteiger partial charge on any atom is 0.117 e. The Morgan fingerprint density at radius 3 is 2.87 bits per heavy atom. The van der Waals surface area contributed by atoms with E-state index in [1.54, 1.807) is 11.3 Å². The summed E-state index contributed by atoms with van der Waals surface area (Å²) < 4.78 is 5.44. The van der Waals surface area contributed by atoms with Crippen molar-refractivity contribution >= 4 is 22.9 Å². The molecule has 2 aromatic rings. The van der Waals surface area contributed by atoms with Crippen LogP contribution in [0.4, 0.5) is 0 Å². The van der Waals surface area contributed by atoms with Crippen molar-refractivity contribution in [3.8, 4) is 0 Å². The van der Waals surface area contributed by atoms with Crippen LogP contribution in [0.15, 0.2) is 28.0 Å². The van der Waals surface area contributed by atoms with Gasteiger partial charge in [-0.05, 0) is 25.1 Å². The quantitative estimate of drug-likeness (QED) is 0.885. The molecule has 0 saturated carbocycles. The summed E-state index contributed by atoms with van der Waals surface area (Å²) in [5, 5.41) is 6.05. The van der Waals surface area contributed by atoms with Crippen LogP contribution in [0.3, 0.4) is 0 Å². The Balaban J connectivity index is 1.80. The molecular weight excluding hydrogens is 230 g/mol. The third-order valence-corrected chi connectivity index (χ3v) is 3.30. The molecule has 80 valence electrons. The standard InChI is InChI=1S/C11H12ClNOS/c1-8-2-3-10(14-8)5-13-6-11-4-9(12)7-15-11/h2-4,7,13H,5-6H2,1H3. The first-order chi connectivity index (χ1) is 7.24. The molecule has 2 rings (SSSR count). The average Bonchev–Trinajstić information content (AvgIpc) is 2.76. The highest BCUT2D eigenvalue weighted by Crippen LogP contribution is 2.18. The number of nitrogens with one attached hydrogen (secondary N) is 1. The summed E-state index contributed by atoms with van der Waals surface area (Å²) in [5.41, 5.74) is 0. The van der Waals surface area contributed by atoms with Crippen molar-refractivity contribution in [2.45, 2.75) is 20.0 Å². The van der Waals surface area contributed by atoms with Gasteiger partial charge < -0.3 is 9.73 Å². The fourth-order valence-corrected chi connectivity index (χ4v) is 2.38. The van der Waals surface area contributed by atoms with Gasteiger partial charge >= 0.3 is 0 Å².